The molecule has 2 rings (SSSR count). The number of para-hydroxylation sites is 3. The molecule has 0 radical (unpaired) electrons. The van der Waals surface area contributed by atoms with Gasteiger partial charge in [0.1, 0.15) is 5.75 Å². The van der Waals surface area contributed by atoms with Crippen molar-refractivity contribution in [2.24, 2.45) is 0 Å². The van der Waals surface area contributed by atoms with Crippen LogP contribution in [0.3, 0.4) is 0 Å². The van der Waals surface area contributed by atoms with E-state index < -0.39 is 0 Å². The lowest BCUT2D eigenvalue weighted by Gasteiger charge is -2.11. The van der Waals surface area contributed by atoms with Gasteiger partial charge in [-0.15, -0.1) is 0 Å². The van der Waals surface area contributed by atoms with Crippen molar-refractivity contribution >= 4 is 11.4 Å². The van der Waals surface area contributed by atoms with Gasteiger partial charge in [-0.05, 0) is 89.0 Å². The molecule has 0 aliphatic carbocycles. The molecule has 5 heteroatoms. The minimum atomic E-state index is 0.914. The minimum Gasteiger partial charge on any atom is -0.495 e. The molecular weight excluding hydrogens is 396 g/mol. The lowest BCUT2D eigenvalue weighted by Crippen LogP contribution is -2.18. The van der Waals surface area contributed by atoms with Crippen LogP contribution in [0.15, 0.2) is 54.6 Å². The largest absolute Gasteiger partial charge is 0.495 e. The van der Waals surface area contributed by atoms with Crippen LogP contribution < -0.4 is 26.0 Å². The fourth-order valence-corrected chi connectivity index (χ4v) is 3.66. The molecule has 0 aliphatic rings. The van der Waals surface area contributed by atoms with Crippen LogP contribution in [0.5, 0.6) is 5.75 Å². The maximum Gasteiger partial charge on any atom is 0.141 e. The predicted octanol–water partition coefficient (Wildman–Crippen LogP) is 5.52. The molecule has 4 N–H and O–H groups in total. The SMILES string of the molecule is COc1ccccc1NCCCCNCCCCCCNCCCCNc1ccccc1. The number of hydrogen-bond donors (Lipinski definition) is 4. The van der Waals surface area contributed by atoms with Gasteiger partial charge in [0.25, 0.3) is 0 Å². The molecule has 0 spiro atoms. The average molecular weight is 441 g/mol. The summed E-state index contributed by atoms with van der Waals surface area (Å²) < 4.78 is 5.36. The van der Waals surface area contributed by atoms with E-state index in [1.807, 2.05) is 18.2 Å². The monoisotopic (exact) mass is 440 g/mol. The molecule has 2 aromatic carbocycles. The van der Waals surface area contributed by atoms with Crippen LogP contribution in [0.25, 0.3) is 0 Å². The number of unbranched alkanes of at least 4 members (excludes halogenated alkanes) is 5. The van der Waals surface area contributed by atoms with Crippen molar-refractivity contribution in [1.82, 2.24) is 10.6 Å². The standard InChI is InChI=1S/C27H44N4O/c1-32-27-18-8-7-17-26(27)31-24-14-12-22-29-20-10-3-2-9-19-28-21-11-13-23-30-25-15-5-4-6-16-25/h4-8,15-18,28-31H,2-3,9-14,19-24H2,1H3. The average Bonchev–Trinajstić information content (AvgIpc) is 2.84. The number of rotatable bonds is 20. The van der Waals surface area contributed by atoms with E-state index in [1.165, 1.54) is 57.1 Å². The van der Waals surface area contributed by atoms with Gasteiger partial charge < -0.3 is 26.0 Å². The lowest BCUT2D eigenvalue weighted by atomic mass is 10.2. The zero-order valence-corrected chi connectivity index (χ0v) is 20.0. The Morgan fingerprint density at radius 2 is 1.03 bits per heavy atom. The van der Waals surface area contributed by atoms with Crippen LogP contribution in [0.1, 0.15) is 51.4 Å². The van der Waals surface area contributed by atoms with Gasteiger partial charge in [0.05, 0.1) is 12.8 Å². The first kappa shape index (κ1) is 26.0. The van der Waals surface area contributed by atoms with Crippen LogP contribution in [-0.4, -0.2) is 46.4 Å². The number of hydrogen-bond acceptors (Lipinski definition) is 5. The third-order valence-electron chi connectivity index (χ3n) is 5.54. The summed E-state index contributed by atoms with van der Waals surface area (Å²) in [4.78, 5) is 0. The van der Waals surface area contributed by atoms with Gasteiger partial charge in [0, 0.05) is 18.8 Å². The Labute approximate surface area is 195 Å². The van der Waals surface area contributed by atoms with Crippen LogP contribution in [0, 0.1) is 0 Å². The van der Waals surface area contributed by atoms with E-state index in [-0.39, 0.29) is 0 Å². The molecule has 0 unspecified atom stereocenters. The predicted molar refractivity (Wildman–Crippen MR) is 139 cm³/mol. The van der Waals surface area contributed by atoms with Crippen LogP contribution in [0.4, 0.5) is 11.4 Å². The molecule has 5 nitrogen and oxygen atoms in total. The Kier molecular flexibility index (Phi) is 14.9. The van der Waals surface area contributed by atoms with E-state index in [2.05, 4.69) is 57.7 Å². The van der Waals surface area contributed by atoms with Crippen molar-refractivity contribution in [1.29, 1.82) is 0 Å². The quantitative estimate of drug-likeness (QED) is 0.204. The molecule has 0 atom stereocenters. The third kappa shape index (κ3) is 12.6. The summed E-state index contributed by atoms with van der Waals surface area (Å²) in [7, 11) is 1.72. The fourth-order valence-electron chi connectivity index (χ4n) is 3.66. The molecule has 2 aromatic rings. The summed E-state index contributed by atoms with van der Waals surface area (Å²) in [5.74, 6) is 0.914. The lowest BCUT2D eigenvalue weighted by molar-refractivity contribution is 0.416. The molecule has 0 bridgehead atoms. The summed E-state index contributed by atoms with van der Waals surface area (Å²) in [6.07, 6.45) is 10.0. The van der Waals surface area contributed by atoms with Gasteiger partial charge in [-0.2, -0.15) is 0 Å². The van der Waals surface area contributed by atoms with Crippen molar-refractivity contribution in [3.05, 3.63) is 54.6 Å². The van der Waals surface area contributed by atoms with Crippen LogP contribution in [-0.2, 0) is 0 Å². The van der Waals surface area contributed by atoms with Crippen molar-refractivity contribution < 1.29 is 4.74 Å². The molecule has 0 saturated carbocycles. The summed E-state index contributed by atoms with van der Waals surface area (Å²) in [6, 6.07) is 18.5. The Balaban J connectivity index is 1.26. The second-order valence-corrected chi connectivity index (χ2v) is 8.25. The molecule has 178 valence electrons. The highest BCUT2D eigenvalue weighted by Crippen LogP contribution is 2.22. The maximum absolute atomic E-state index is 5.36. The number of benzene rings is 2. The third-order valence-corrected chi connectivity index (χ3v) is 5.54. The molecule has 0 heterocycles. The Morgan fingerprint density at radius 1 is 0.531 bits per heavy atom. The minimum absolute atomic E-state index is 0.914. The molecule has 0 amide bonds. The Hall–Kier alpha value is -2.24. The second-order valence-electron chi connectivity index (χ2n) is 8.25. The molecule has 0 aliphatic heterocycles. The van der Waals surface area contributed by atoms with Crippen LogP contribution in [0.2, 0.25) is 0 Å². The van der Waals surface area contributed by atoms with Crippen molar-refractivity contribution in [2.75, 3.05) is 57.0 Å². The molecule has 0 fully saturated rings. The highest BCUT2D eigenvalue weighted by atomic mass is 16.5. The summed E-state index contributed by atoms with van der Waals surface area (Å²) in [6.45, 7) is 6.56. The van der Waals surface area contributed by atoms with Gasteiger partial charge >= 0.3 is 0 Å². The summed E-state index contributed by atoms with van der Waals surface area (Å²) in [5, 5.41) is 14.1. The van der Waals surface area contributed by atoms with E-state index in [1.54, 1.807) is 7.11 Å². The first-order chi connectivity index (χ1) is 15.9. The highest BCUT2D eigenvalue weighted by Gasteiger charge is 1.99. The van der Waals surface area contributed by atoms with Gasteiger partial charge in [-0.25, -0.2) is 0 Å². The zero-order valence-electron chi connectivity index (χ0n) is 20.0. The Morgan fingerprint density at radius 3 is 1.66 bits per heavy atom. The fraction of sp³-hybridized carbons (Fsp3) is 0.556. The maximum atomic E-state index is 5.36. The van der Waals surface area contributed by atoms with Crippen LogP contribution >= 0.6 is 0 Å². The second kappa shape index (κ2) is 18.3. The molecule has 32 heavy (non-hydrogen) atoms. The van der Waals surface area contributed by atoms with Gasteiger partial charge in [-0.1, -0.05) is 43.2 Å². The topological polar surface area (TPSA) is 57.4 Å². The van der Waals surface area contributed by atoms with Gasteiger partial charge in [-0.3, -0.25) is 0 Å². The van der Waals surface area contributed by atoms with E-state index in [0.717, 1.165) is 50.7 Å². The first-order valence-corrected chi connectivity index (χ1v) is 12.5. The van der Waals surface area contributed by atoms with Gasteiger partial charge in [0.2, 0.25) is 0 Å². The highest BCUT2D eigenvalue weighted by molar-refractivity contribution is 5.55. The normalized spacial score (nSPS) is 10.8. The first-order valence-electron chi connectivity index (χ1n) is 12.5. The molecule has 0 saturated heterocycles. The van der Waals surface area contributed by atoms with E-state index in [0.29, 0.717) is 0 Å². The number of methoxy groups -OCH3 is 1. The zero-order chi connectivity index (χ0) is 22.5. The number of ether oxygens (including phenoxy) is 1. The summed E-state index contributed by atoms with van der Waals surface area (Å²) in [5.41, 5.74) is 2.30. The van der Waals surface area contributed by atoms with E-state index in [4.69, 9.17) is 4.74 Å². The van der Waals surface area contributed by atoms with Crippen molar-refractivity contribution in [2.45, 2.75) is 51.4 Å². The number of nitrogens with one attached hydrogen (secondary N) is 4. The Bertz CT molecular complexity index is 680. The van der Waals surface area contributed by atoms with E-state index >= 15 is 0 Å². The van der Waals surface area contributed by atoms with E-state index in [9.17, 15) is 0 Å². The molecule has 0 aromatic heterocycles. The number of anilines is 2. The summed E-state index contributed by atoms with van der Waals surface area (Å²) >= 11 is 0. The van der Waals surface area contributed by atoms with Gasteiger partial charge in [0.15, 0.2) is 0 Å². The molecular formula is C27H44N4O. The van der Waals surface area contributed by atoms with Crippen molar-refractivity contribution in [3.63, 3.8) is 0 Å². The smallest absolute Gasteiger partial charge is 0.141 e. The van der Waals surface area contributed by atoms with Crippen molar-refractivity contribution in [3.8, 4) is 5.75 Å².